The average molecular weight is 387 g/mol. The van der Waals surface area contributed by atoms with Crippen LogP contribution < -0.4 is 0 Å². The van der Waals surface area contributed by atoms with Crippen LogP contribution in [0.1, 0.15) is 20.8 Å². The maximum absolute atomic E-state index is 13.0. The predicted octanol–water partition coefficient (Wildman–Crippen LogP) is 1.46. The first-order valence-electron chi connectivity index (χ1n) is 7.67. The Morgan fingerprint density at radius 1 is 1.08 bits per heavy atom. The van der Waals surface area contributed by atoms with Crippen LogP contribution >= 0.6 is 11.8 Å². The van der Waals surface area contributed by atoms with Crippen molar-refractivity contribution in [1.82, 2.24) is 4.98 Å². The molecule has 4 atom stereocenters. The number of carbonyl (C=O) groups excluding carboxylic acids is 3. The number of ether oxygens (including phenoxy) is 4. The van der Waals surface area contributed by atoms with Crippen LogP contribution in [0.2, 0.25) is 0 Å². The largest absolute Gasteiger partial charge is 0.456 e. The van der Waals surface area contributed by atoms with Gasteiger partial charge in [-0.15, -0.1) is 0 Å². The number of carbonyl (C=O) groups is 3. The van der Waals surface area contributed by atoms with E-state index in [1.165, 1.54) is 39.1 Å². The molecule has 1 aromatic rings. The van der Waals surface area contributed by atoms with E-state index in [2.05, 4.69) is 4.98 Å². The number of rotatable bonds is 5. The van der Waals surface area contributed by atoms with E-state index in [1.54, 1.807) is 0 Å². The second-order valence-corrected chi connectivity index (χ2v) is 6.60. The maximum Gasteiger partial charge on any atom is 0.303 e. The number of hydrogen-bond acceptors (Lipinski definition) is 9. The van der Waals surface area contributed by atoms with Crippen LogP contribution in [0.25, 0.3) is 0 Å². The summed E-state index contributed by atoms with van der Waals surface area (Å²) in [4.78, 5) is 38.4. The Labute approximate surface area is 153 Å². The zero-order valence-electron chi connectivity index (χ0n) is 14.3. The summed E-state index contributed by atoms with van der Waals surface area (Å²) < 4.78 is 34.3. The lowest BCUT2D eigenvalue weighted by Crippen LogP contribution is -2.56. The van der Waals surface area contributed by atoms with E-state index in [9.17, 15) is 18.8 Å². The van der Waals surface area contributed by atoms with Crippen molar-refractivity contribution in [2.24, 2.45) is 0 Å². The second kappa shape index (κ2) is 8.95. The fourth-order valence-corrected chi connectivity index (χ4v) is 3.40. The van der Waals surface area contributed by atoms with Gasteiger partial charge in [0.2, 0.25) is 5.95 Å². The summed E-state index contributed by atoms with van der Waals surface area (Å²) in [6, 6.07) is 2.66. The summed E-state index contributed by atoms with van der Waals surface area (Å²) in [5.74, 6) is -2.48. The fourth-order valence-electron chi connectivity index (χ4n) is 2.38. The first-order chi connectivity index (χ1) is 12.3. The molecule has 1 saturated heterocycles. The molecule has 0 radical (unpaired) electrons. The number of pyridine rings is 1. The smallest absolute Gasteiger partial charge is 0.303 e. The van der Waals surface area contributed by atoms with Gasteiger partial charge in [0.25, 0.3) is 0 Å². The molecular formula is C16H18FNO7S. The van der Waals surface area contributed by atoms with E-state index in [-0.39, 0.29) is 6.61 Å². The highest BCUT2D eigenvalue weighted by atomic mass is 32.2. The van der Waals surface area contributed by atoms with E-state index in [0.717, 1.165) is 11.8 Å². The molecule has 1 aromatic heterocycles. The van der Waals surface area contributed by atoms with Gasteiger partial charge in [0.1, 0.15) is 5.44 Å². The Morgan fingerprint density at radius 3 is 2.23 bits per heavy atom. The molecule has 26 heavy (non-hydrogen) atoms. The van der Waals surface area contributed by atoms with Gasteiger partial charge < -0.3 is 18.9 Å². The third kappa shape index (κ3) is 5.67. The van der Waals surface area contributed by atoms with E-state index in [1.807, 2.05) is 0 Å². The highest BCUT2D eigenvalue weighted by Crippen LogP contribution is 2.34. The summed E-state index contributed by atoms with van der Waals surface area (Å²) in [5, 5.41) is 0. The van der Waals surface area contributed by atoms with Crippen LogP contribution in [0.15, 0.2) is 23.2 Å². The third-order valence-corrected chi connectivity index (χ3v) is 4.41. The van der Waals surface area contributed by atoms with Gasteiger partial charge in [-0.1, -0.05) is 11.8 Å². The second-order valence-electron chi connectivity index (χ2n) is 5.43. The molecule has 8 nitrogen and oxygen atoms in total. The molecule has 0 aromatic carbocycles. The number of nitrogens with zero attached hydrogens (tertiary/aromatic N) is 1. The predicted molar refractivity (Wildman–Crippen MR) is 86.5 cm³/mol. The van der Waals surface area contributed by atoms with E-state index in [0.29, 0.717) is 4.90 Å². The topological polar surface area (TPSA) is 101 Å². The van der Waals surface area contributed by atoms with Crippen molar-refractivity contribution in [2.75, 3.05) is 6.61 Å². The summed E-state index contributed by atoms with van der Waals surface area (Å²) in [6.45, 7) is 3.52. The molecule has 0 aliphatic carbocycles. The molecule has 0 spiro atoms. The van der Waals surface area contributed by atoms with Crippen molar-refractivity contribution in [3.8, 4) is 0 Å². The van der Waals surface area contributed by atoms with Gasteiger partial charge in [0, 0.05) is 31.9 Å². The van der Waals surface area contributed by atoms with Gasteiger partial charge in [0.15, 0.2) is 18.3 Å². The summed E-state index contributed by atoms with van der Waals surface area (Å²) in [7, 11) is 0. The van der Waals surface area contributed by atoms with Crippen molar-refractivity contribution in [2.45, 2.75) is 49.4 Å². The molecule has 1 fully saturated rings. The summed E-state index contributed by atoms with van der Waals surface area (Å²) in [5.41, 5.74) is -0.776. The molecule has 0 amide bonds. The SMILES string of the molecule is CC(=O)O[C@@H]1[C@@H](OC(C)=O)[C@H](Sc2ccc(F)nc2)OC[C@H]1OC(C)=O. The Bertz CT molecular complexity index is 669. The normalized spacial score (nSPS) is 25.2. The van der Waals surface area contributed by atoms with Gasteiger partial charge in [-0.05, 0) is 12.1 Å². The molecule has 0 saturated carbocycles. The molecule has 0 bridgehead atoms. The third-order valence-electron chi connectivity index (χ3n) is 3.26. The molecule has 1 aliphatic heterocycles. The molecule has 2 heterocycles. The van der Waals surface area contributed by atoms with Gasteiger partial charge in [0.05, 0.1) is 6.61 Å². The monoisotopic (exact) mass is 387 g/mol. The highest BCUT2D eigenvalue weighted by molar-refractivity contribution is 7.99. The fraction of sp³-hybridized carbons (Fsp3) is 0.500. The van der Waals surface area contributed by atoms with E-state index in [4.69, 9.17) is 18.9 Å². The van der Waals surface area contributed by atoms with Crippen molar-refractivity contribution >= 4 is 29.7 Å². The highest BCUT2D eigenvalue weighted by Gasteiger charge is 2.47. The van der Waals surface area contributed by atoms with Gasteiger partial charge in [-0.2, -0.15) is 4.39 Å². The molecular weight excluding hydrogens is 369 g/mol. The molecule has 2 rings (SSSR count). The lowest BCUT2D eigenvalue weighted by atomic mass is 10.1. The minimum absolute atomic E-state index is 0.0679. The Hall–Kier alpha value is -2.20. The lowest BCUT2D eigenvalue weighted by Gasteiger charge is -2.40. The Balaban J connectivity index is 2.25. The van der Waals surface area contributed by atoms with Crippen LogP contribution in [-0.4, -0.2) is 53.2 Å². The quantitative estimate of drug-likeness (QED) is 0.422. The molecule has 0 unspecified atom stereocenters. The Kier molecular flexibility index (Phi) is 6.92. The zero-order valence-corrected chi connectivity index (χ0v) is 15.2. The van der Waals surface area contributed by atoms with Crippen molar-refractivity contribution in [1.29, 1.82) is 0 Å². The van der Waals surface area contributed by atoms with Crippen LogP contribution in [0.4, 0.5) is 4.39 Å². The zero-order chi connectivity index (χ0) is 19.3. The summed E-state index contributed by atoms with van der Waals surface area (Å²) >= 11 is 1.11. The van der Waals surface area contributed by atoms with Crippen molar-refractivity contribution < 1.29 is 37.7 Å². The standard InChI is InChI=1S/C16H18FNO7S/c1-8(19)23-12-7-22-16(26-11-4-5-13(17)18-6-11)15(25-10(3)21)14(12)24-9(2)20/h4-6,12,14-16H,7H2,1-3H3/t12-,14+,15-,16+/m1/s1. The number of hydrogen-bond donors (Lipinski definition) is 0. The lowest BCUT2D eigenvalue weighted by molar-refractivity contribution is -0.213. The first kappa shape index (κ1) is 20.1. The maximum atomic E-state index is 13.0. The average Bonchev–Trinajstić information content (AvgIpc) is 2.53. The summed E-state index contributed by atoms with van der Waals surface area (Å²) in [6.07, 6.45) is -1.71. The first-order valence-corrected chi connectivity index (χ1v) is 8.55. The molecule has 1 aliphatic rings. The minimum Gasteiger partial charge on any atom is -0.456 e. The number of halogens is 1. The van der Waals surface area contributed by atoms with E-state index >= 15 is 0 Å². The van der Waals surface area contributed by atoms with Crippen LogP contribution in [0.5, 0.6) is 0 Å². The number of aromatic nitrogens is 1. The van der Waals surface area contributed by atoms with Crippen LogP contribution in [0, 0.1) is 5.95 Å². The van der Waals surface area contributed by atoms with Crippen molar-refractivity contribution in [3.05, 3.63) is 24.3 Å². The Morgan fingerprint density at radius 2 is 1.69 bits per heavy atom. The van der Waals surface area contributed by atoms with Gasteiger partial charge in [-0.3, -0.25) is 14.4 Å². The molecule has 0 N–H and O–H groups in total. The number of esters is 3. The minimum atomic E-state index is -1.04. The van der Waals surface area contributed by atoms with Crippen LogP contribution in [-0.2, 0) is 33.3 Å². The van der Waals surface area contributed by atoms with Gasteiger partial charge >= 0.3 is 17.9 Å². The molecule has 10 heteroatoms. The van der Waals surface area contributed by atoms with Gasteiger partial charge in [-0.25, -0.2) is 4.98 Å². The van der Waals surface area contributed by atoms with Crippen molar-refractivity contribution in [3.63, 3.8) is 0 Å². The number of thioether (sulfide) groups is 1. The van der Waals surface area contributed by atoms with E-state index < -0.39 is 47.6 Å². The van der Waals surface area contributed by atoms with Crippen LogP contribution in [0.3, 0.4) is 0 Å². The molecule has 142 valence electrons.